The van der Waals surface area contributed by atoms with E-state index in [1.54, 1.807) is 11.3 Å². The molecule has 0 aliphatic carbocycles. The van der Waals surface area contributed by atoms with Crippen LogP contribution in [0, 0.1) is 5.92 Å². The fourth-order valence-electron chi connectivity index (χ4n) is 2.04. The number of ether oxygens (including phenoxy) is 1. The molecule has 0 radical (unpaired) electrons. The fourth-order valence-corrected chi connectivity index (χ4v) is 2.80. The molecule has 1 aromatic heterocycles. The maximum Gasteiger partial charge on any atom is 0.0642 e. The zero-order valence-corrected chi connectivity index (χ0v) is 9.17. The van der Waals surface area contributed by atoms with Crippen molar-refractivity contribution >= 4 is 11.3 Å². The summed E-state index contributed by atoms with van der Waals surface area (Å²) in [6, 6.07) is 4.11. The summed E-state index contributed by atoms with van der Waals surface area (Å²) in [5, 5.41) is 12.1. The Hall–Kier alpha value is -0.380. The van der Waals surface area contributed by atoms with E-state index in [-0.39, 0.29) is 12.2 Å². The van der Waals surface area contributed by atoms with Gasteiger partial charge < -0.3 is 9.84 Å². The first-order valence-electron chi connectivity index (χ1n) is 5.09. The molecule has 14 heavy (non-hydrogen) atoms. The Morgan fingerprint density at radius 1 is 1.71 bits per heavy atom. The van der Waals surface area contributed by atoms with Gasteiger partial charge >= 0.3 is 0 Å². The largest absolute Gasteiger partial charge is 0.392 e. The van der Waals surface area contributed by atoms with Crippen LogP contribution in [-0.2, 0) is 11.2 Å². The Balaban J connectivity index is 1.92. The van der Waals surface area contributed by atoms with E-state index >= 15 is 0 Å². The minimum atomic E-state index is -0.244. The van der Waals surface area contributed by atoms with Crippen LogP contribution in [0.3, 0.4) is 0 Å². The minimum Gasteiger partial charge on any atom is -0.392 e. The van der Waals surface area contributed by atoms with Crippen molar-refractivity contribution in [2.24, 2.45) is 5.92 Å². The highest BCUT2D eigenvalue weighted by Gasteiger charge is 2.30. The normalized spacial score (nSPS) is 29.3. The van der Waals surface area contributed by atoms with Gasteiger partial charge in [-0.3, -0.25) is 0 Å². The van der Waals surface area contributed by atoms with Crippen LogP contribution >= 0.6 is 11.3 Å². The highest BCUT2D eigenvalue weighted by Crippen LogP contribution is 2.26. The van der Waals surface area contributed by atoms with Gasteiger partial charge in [0.1, 0.15) is 0 Å². The van der Waals surface area contributed by atoms with E-state index in [4.69, 9.17) is 4.74 Å². The van der Waals surface area contributed by atoms with Gasteiger partial charge in [-0.15, -0.1) is 11.3 Å². The summed E-state index contributed by atoms with van der Waals surface area (Å²) >= 11 is 1.71. The lowest BCUT2D eigenvalue weighted by molar-refractivity contribution is 0.0444. The summed E-state index contributed by atoms with van der Waals surface area (Å²) in [7, 11) is 0. The molecule has 1 aromatic rings. The van der Waals surface area contributed by atoms with Gasteiger partial charge in [0.25, 0.3) is 0 Å². The standard InChI is InChI=1S/C11H16O2S/c1-8-10(4-5-13-8)11(12)7-9-3-2-6-14-9/h2-3,6,8,10-12H,4-5,7H2,1H3. The third kappa shape index (κ3) is 2.16. The van der Waals surface area contributed by atoms with E-state index < -0.39 is 0 Å². The Kier molecular flexibility index (Phi) is 3.21. The molecular formula is C11H16O2S. The summed E-state index contributed by atoms with van der Waals surface area (Å²) in [6.07, 6.45) is 1.74. The lowest BCUT2D eigenvalue weighted by Gasteiger charge is -2.20. The van der Waals surface area contributed by atoms with Gasteiger partial charge in [0.05, 0.1) is 12.2 Å². The average molecular weight is 212 g/mol. The quantitative estimate of drug-likeness (QED) is 0.831. The second-order valence-electron chi connectivity index (χ2n) is 3.88. The molecule has 1 fully saturated rings. The smallest absolute Gasteiger partial charge is 0.0642 e. The van der Waals surface area contributed by atoms with Crippen molar-refractivity contribution in [3.8, 4) is 0 Å². The van der Waals surface area contributed by atoms with E-state index in [1.165, 1.54) is 4.88 Å². The number of aliphatic hydroxyl groups excluding tert-OH is 1. The van der Waals surface area contributed by atoms with E-state index in [9.17, 15) is 5.11 Å². The van der Waals surface area contributed by atoms with Gasteiger partial charge in [0, 0.05) is 23.8 Å². The van der Waals surface area contributed by atoms with Crippen LogP contribution in [0.1, 0.15) is 18.2 Å². The van der Waals surface area contributed by atoms with Crippen LogP contribution in [0.2, 0.25) is 0 Å². The molecule has 3 atom stereocenters. The monoisotopic (exact) mass is 212 g/mol. The van der Waals surface area contributed by atoms with Crippen molar-refractivity contribution in [1.29, 1.82) is 0 Å². The van der Waals surface area contributed by atoms with Gasteiger partial charge in [-0.2, -0.15) is 0 Å². The van der Waals surface area contributed by atoms with Gasteiger partial charge in [-0.25, -0.2) is 0 Å². The Labute approximate surface area is 88.5 Å². The van der Waals surface area contributed by atoms with Crippen LogP contribution < -0.4 is 0 Å². The molecule has 3 unspecified atom stereocenters. The summed E-state index contributed by atoms with van der Waals surface area (Å²) in [5.41, 5.74) is 0. The number of rotatable bonds is 3. The van der Waals surface area contributed by atoms with Crippen LogP contribution in [-0.4, -0.2) is 23.9 Å². The van der Waals surface area contributed by atoms with Crippen molar-refractivity contribution in [2.75, 3.05) is 6.61 Å². The van der Waals surface area contributed by atoms with Crippen molar-refractivity contribution in [3.05, 3.63) is 22.4 Å². The van der Waals surface area contributed by atoms with Crippen molar-refractivity contribution < 1.29 is 9.84 Å². The highest BCUT2D eigenvalue weighted by molar-refractivity contribution is 7.09. The van der Waals surface area contributed by atoms with E-state index in [2.05, 4.69) is 18.4 Å². The first kappa shape index (κ1) is 10.1. The topological polar surface area (TPSA) is 29.5 Å². The molecule has 0 spiro atoms. The summed E-state index contributed by atoms with van der Waals surface area (Å²) in [6.45, 7) is 2.85. The Morgan fingerprint density at radius 2 is 2.57 bits per heavy atom. The maximum absolute atomic E-state index is 10.0. The molecule has 2 rings (SSSR count). The molecule has 0 bridgehead atoms. The molecule has 78 valence electrons. The van der Waals surface area contributed by atoms with Gasteiger partial charge in [-0.1, -0.05) is 6.07 Å². The fraction of sp³-hybridized carbons (Fsp3) is 0.636. The number of aliphatic hydroxyl groups is 1. The minimum absolute atomic E-state index is 0.213. The third-order valence-electron chi connectivity index (χ3n) is 2.92. The highest BCUT2D eigenvalue weighted by atomic mass is 32.1. The van der Waals surface area contributed by atoms with Gasteiger partial charge in [0.15, 0.2) is 0 Å². The molecule has 3 heteroatoms. The molecule has 1 N–H and O–H groups in total. The second kappa shape index (κ2) is 4.43. The van der Waals surface area contributed by atoms with Crippen LogP contribution in [0.15, 0.2) is 17.5 Å². The van der Waals surface area contributed by atoms with Crippen LogP contribution in [0.5, 0.6) is 0 Å². The van der Waals surface area contributed by atoms with Crippen LogP contribution in [0.25, 0.3) is 0 Å². The third-order valence-corrected chi connectivity index (χ3v) is 3.82. The SMILES string of the molecule is CC1OCCC1C(O)Cc1cccs1. The second-order valence-corrected chi connectivity index (χ2v) is 4.91. The molecule has 1 aliphatic rings. The molecule has 0 amide bonds. The summed E-state index contributed by atoms with van der Waals surface area (Å²) < 4.78 is 5.45. The lowest BCUT2D eigenvalue weighted by Crippen LogP contribution is -2.27. The van der Waals surface area contributed by atoms with Crippen LogP contribution in [0.4, 0.5) is 0 Å². The number of thiophene rings is 1. The molecular weight excluding hydrogens is 196 g/mol. The average Bonchev–Trinajstić information content (AvgIpc) is 2.75. The van der Waals surface area contributed by atoms with Crippen molar-refractivity contribution in [2.45, 2.75) is 32.0 Å². The number of hydrogen-bond acceptors (Lipinski definition) is 3. The van der Waals surface area contributed by atoms with Crippen molar-refractivity contribution in [3.63, 3.8) is 0 Å². The van der Waals surface area contributed by atoms with E-state index in [0.717, 1.165) is 19.4 Å². The molecule has 0 aromatic carbocycles. The zero-order chi connectivity index (χ0) is 9.97. The van der Waals surface area contributed by atoms with E-state index in [1.807, 2.05) is 6.07 Å². The first-order valence-corrected chi connectivity index (χ1v) is 5.97. The lowest BCUT2D eigenvalue weighted by atomic mass is 9.93. The Bertz CT molecular complexity index is 271. The molecule has 0 saturated carbocycles. The molecule has 1 saturated heterocycles. The number of hydrogen-bond donors (Lipinski definition) is 1. The Morgan fingerprint density at radius 3 is 3.14 bits per heavy atom. The van der Waals surface area contributed by atoms with Gasteiger partial charge in [-0.05, 0) is 24.8 Å². The molecule has 2 heterocycles. The maximum atomic E-state index is 10.0. The molecule has 1 aliphatic heterocycles. The van der Waals surface area contributed by atoms with Crippen molar-refractivity contribution in [1.82, 2.24) is 0 Å². The molecule has 2 nitrogen and oxygen atoms in total. The zero-order valence-electron chi connectivity index (χ0n) is 8.35. The summed E-state index contributed by atoms with van der Waals surface area (Å²) in [5.74, 6) is 0.317. The first-order chi connectivity index (χ1) is 6.77. The predicted molar refractivity (Wildman–Crippen MR) is 57.6 cm³/mol. The predicted octanol–water partition coefficient (Wildman–Crippen LogP) is 2.08. The summed E-state index contributed by atoms with van der Waals surface area (Å²) in [4.78, 5) is 1.26. The van der Waals surface area contributed by atoms with E-state index in [0.29, 0.717) is 5.92 Å². The van der Waals surface area contributed by atoms with Gasteiger partial charge in [0.2, 0.25) is 0 Å².